The fourth-order valence-corrected chi connectivity index (χ4v) is 4.06. The van der Waals surface area contributed by atoms with E-state index in [1.165, 1.54) is 6.42 Å². The SMILES string of the molecule is CC1CCC(C(C)C)C(OC(=O)COC(=O)c2cccc3ccccc23)C1. The summed E-state index contributed by atoms with van der Waals surface area (Å²) in [6.07, 6.45) is 3.04. The maximum Gasteiger partial charge on any atom is 0.344 e. The molecule has 4 nitrogen and oxygen atoms in total. The van der Waals surface area contributed by atoms with Crippen LogP contribution in [0.15, 0.2) is 42.5 Å². The van der Waals surface area contributed by atoms with Crippen molar-refractivity contribution >= 4 is 22.7 Å². The van der Waals surface area contributed by atoms with E-state index in [1.54, 1.807) is 6.07 Å². The van der Waals surface area contributed by atoms with E-state index in [0.717, 1.165) is 23.6 Å². The maximum atomic E-state index is 12.4. The minimum Gasteiger partial charge on any atom is -0.460 e. The van der Waals surface area contributed by atoms with Crippen LogP contribution in [0, 0.1) is 17.8 Å². The van der Waals surface area contributed by atoms with Gasteiger partial charge < -0.3 is 9.47 Å². The molecule has 3 unspecified atom stereocenters. The standard InChI is InChI=1S/C23H28O4/c1-15(2)18-12-11-16(3)13-21(18)27-22(24)14-26-23(25)20-10-6-8-17-7-4-5-9-19(17)20/h4-10,15-16,18,21H,11-14H2,1-3H3. The zero-order valence-electron chi connectivity index (χ0n) is 16.3. The fourth-order valence-electron chi connectivity index (χ4n) is 4.06. The largest absolute Gasteiger partial charge is 0.460 e. The highest BCUT2D eigenvalue weighted by molar-refractivity contribution is 6.04. The Kier molecular flexibility index (Phi) is 6.15. The molecule has 3 rings (SSSR count). The number of hydrogen-bond donors (Lipinski definition) is 0. The number of ether oxygens (including phenoxy) is 2. The van der Waals surface area contributed by atoms with Crippen LogP contribution in [0.25, 0.3) is 10.8 Å². The molecule has 1 aliphatic carbocycles. The number of esters is 2. The number of carbonyl (C=O) groups excluding carboxylic acids is 2. The van der Waals surface area contributed by atoms with Gasteiger partial charge in [0.15, 0.2) is 6.61 Å². The summed E-state index contributed by atoms with van der Waals surface area (Å²) in [5.74, 6) is 0.429. The van der Waals surface area contributed by atoms with Crippen LogP contribution >= 0.6 is 0 Å². The predicted octanol–water partition coefficient (Wildman–Crippen LogP) is 5.00. The molecule has 1 saturated carbocycles. The van der Waals surface area contributed by atoms with Crippen LogP contribution < -0.4 is 0 Å². The first-order valence-electron chi connectivity index (χ1n) is 9.80. The van der Waals surface area contributed by atoms with Crippen molar-refractivity contribution in [1.82, 2.24) is 0 Å². The molecule has 144 valence electrons. The highest BCUT2D eigenvalue weighted by Crippen LogP contribution is 2.35. The van der Waals surface area contributed by atoms with E-state index >= 15 is 0 Å². The molecule has 0 spiro atoms. The van der Waals surface area contributed by atoms with Gasteiger partial charge in [-0.15, -0.1) is 0 Å². The lowest BCUT2D eigenvalue weighted by atomic mass is 9.75. The van der Waals surface area contributed by atoms with Crippen LogP contribution in [0.1, 0.15) is 50.4 Å². The lowest BCUT2D eigenvalue weighted by molar-refractivity contribution is -0.159. The zero-order valence-corrected chi connectivity index (χ0v) is 16.3. The summed E-state index contributed by atoms with van der Waals surface area (Å²) in [6, 6.07) is 13.1. The molecule has 27 heavy (non-hydrogen) atoms. The smallest absolute Gasteiger partial charge is 0.344 e. The average molecular weight is 368 g/mol. The predicted molar refractivity (Wildman–Crippen MR) is 105 cm³/mol. The molecule has 0 heterocycles. The van der Waals surface area contributed by atoms with Crippen molar-refractivity contribution in [2.75, 3.05) is 6.61 Å². The van der Waals surface area contributed by atoms with Gasteiger partial charge in [-0.2, -0.15) is 0 Å². The van der Waals surface area contributed by atoms with Crippen molar-refractivity contribution in [2.24, 2.45) is 17.8 Å². The van der Waals surface area contributed by atoms with E-state index in [4.69, 9.17) is 9.47 Å². The summed E-state index contributed by atoms with van der Waals surface area (Å²) in [6.45, 7) is 6.18. The second kappa shape index (κ2) is 8.55. The maximum absolute atomic E-state index is 12.4. The number of hydrogen-bond acceptors (Lipinski definition) is 4. The highest BCUT2D eigenvalue weighted by Gasteiger charge is 2.33. The first-order chi connectivity index (χ1) is 13.0. The molecule has 0 aromatic heterocycles. The summed E-state index contributed by atoms with van der Waals surface area (Å²) >= 11 is 0. The van der Waals surface area contributed by atoms with Crippen LogP contribution in [0.3, 0.4) is 0 Å². The highest BCUT2D eigenvalue weighted by atomic mass is 16.6. The number of fused-ring (bicyclic) bond motifs is 1. The van der Waals surface area contributed by atoms with Crippen molar-refractivity contribution in [1.29, 1.82) is 0 Å². The van der Waals surface area contributed by atoms with E-state index < -0.39 is 11.9 Å². The van der Waals surface area contributed by atoms with Gasteiger partial charge in [0.05, 0.1) is 5.56 Å². The van der Waals surface area contributed by atoms with Crippen LogP contribution in [-0.4, -0.2) is 24.6 Å². The minimum atomic E-state index is -0.499. The summed E-state index contributed by atoms with van der Waals surface area (Å²) in [5.41, 5.74) is 0.465. The van der Waals surface area contributed by atoms with Gasteiger partial charge in [0.25, 0.3) is 0 Å². The van der Waals surface area contributed by atoms with Crippen LogP contribution in [0.2, 0.25) is 0 Å². The average Bonchev–Trinajstić information content (AvgIpc) is 2.65. The lowest BCUT2D eigenvalue weighted by Crippen LogP contribution is -2.36. The molecule has 0 amide bonds. The van der Waals surface area contributed by atoms with Crippen molar-refractivity contribution < 1.29 is 19.1 Å². The van der Waals surface area contributed by atoms with Crippen LogP contribution in [0.5, 0.6) is 0 Å². The van der Waals surface area contributed by atoms with Crippen molar-refractivity contribution in [3.63, 3.8) is 0 Å². The Morgan fingerprint density at radius 3 is 2.59 bits per heavy atom. The summed E-state index contributed by atoms with van der Waals surface area (Å²) < 4.78 is 10.9. The van der Waals surface area contributed by atoms with E-state index in [0.29, 0.717) is 23.3 Å². The molecule has 0 saturated heterocycles. The molecular weight excluding hydrogens is 340 g/mol. The summed E-state index contributed by atoms with van der Waals surface area (Å²) in [4.78, 5) is 24.7. The Labute approximate surface area is 160 Å². The number of carbonyl (C=O) groups is 2. The van der Waals surface area contributed by atoms with Crippen LogP contribution in [0.4, 0.5) is 0 Å². The molecule has 0 radical (unpaired) electrons. The summed E-state index contributed by atoms with van der Waals surface area (Å²) in [5, 5.41) is 1.78. The number of benzene rings is 2. The first-order valence-corrected chi connectivity index (χ1v) is 9.80. The third kappa shape index (κ3) is 4.68. The second-order valence-electron chi connectivity index (χ2n) is 7.96. The molecule has 1 fully saturated rings. The lowest BCUT2D eigenvalue weighted by Gasteiger charge is -2.36. The van der Waals surface area contributed by atoms with E-state index in [2.05, 4.69) is 20.8 Å². The Morgan fingerprint density at radius 2 is 1.81 bits per heavy atom. The van der Waals surface area contributed by atoms with Crippen molar-refractivity contribution in [3.8, 4) is 0 Å². The molecular formula is C23H28O4. The van der Waals surface area contributed by atoms with Gasteiger partial charge in [0.1, 0.15) is 6.10 Å². The normalized spacial score (nSPS) is 22.6. The Morgan fingerprint density at radius 1 is 1.07 bits per heavy atom. The van der Waals surface area contributed by atoms with Crippen molar-refractivity contribution in [2.45, 2.75) is 46.1 Å². The molecule has 0 aliphatic heterocycles. The molecule has 2 aromatic carbocycles. The monoisotopic (exact) mass is 368 g/mol. The van der Waals surface area contributed by atoms with E-state index in [-0.39, 0.29) is 12.7 Å². The Balaban J connectivity index is 1.60. The van der Waals surface area contributed by atoms with Gasteiger partial charge in [-0.1, -0.05) is 63.6 Å². The zero-order chi connectivity index (χ0) is 19.4. The van der Waals surface area contributed by atoms with Gasteiger partial charge >= 0.3 is 11.9 Å². The van der Waals surface area contributed by atoms with Gasteiger partial charge in [0, 0.05) is 0 Å². The number of rotatable bonds is 5. The molecule has 1 aliphatic rings. The molecule has 0 bridgehead atoms. The topological polar surface area (TPSA) is 52.6 Å². The Bertz CT molecular complexity index is 806. The Hall–Kier alpha value is -2.36. The molecule has 4 heteroatoms. The van der Waals surface area contributed by atoms with Gasteiger partial charge in [-0.25, -0.2) is 9.59 Å². The second-order valence-corrected chi connectivity index (χ2v) is 7.96. The first kappa shape index (κ1) is 19.4. The van der Waals surface area contributed by atoms with Crippen molar-refractivity contribution in [3.05, 3.63) is 48.0 Å². The minimum absolute atomic E-state index is 0.0856. The third-order valence-electron chi connectivity index (χ3n) is 5.57. The summed E-state index contributed by atoms with van der Waals surface area (Å²) in [7, 11) is 0. The van der Waals surface area contributed by atoms with Gasteiger partial charge in [-0.3, -0.25) is 0 Å². The van der Waals surface area contributed by atoms with Gasteiger partial charge in [-0.05, 0) is 47.4 Å². The van der Waals surface area contributed by atoms with Gasteiger partial charge in [0.2, 0.25) is 0 Å². The van der Waals surface area contributed by atoms with E-state index in [9.17, 15) is 9.59 Å². The molecule has 0 N–H and O–H groups in total. The molecule has 2 aromatic rings. The quantitative estimate of drug-likeness (QED) is 0.697. The molecule has 3 atom stereocenters. The fraction of sp³-hybridized carbons (Fsp3) is 0.478. The van der Waals surface area contributed by atoms with E-state index in [1.807, 2.05) is 36.4 Å². The van der Waals surface area contributed by atoms with Crippen LogP contribution in [-0.2, 0) is 14.3 Å². The third-order valence-corrected chi connectivity index (χ3v) is 5.57.